The normalized spacial score (nSPS) is 26.7. The molecule has 0 saturated heterocycles. The summed E-state index contributed by atoms with van der Waals surface area (Å²) < 4.78 is 4.90. The fourth-order valence-corrected chi connectivity index (χ4v) is 0.435. The van der Waals surface area contributed by atoms with E-state index in [1.807, 2.05) is 6.92 Å². The number of hydrazone groups is 1. The molecule has 40 valence electrons. The Morgan fingerprint density at radius 3 is 3.14 bits per heavy atom. The highest BCUT2D eigenvalue weighted by Crippen LogP contribution is 1.94. The monoisotopic (exact) mass is 100 g/mol. The van der Waals surface area contributed by atoms with Crippen molar-refractivity contribution in [1.29, 1.82) is 0 Å². The average molecular weight is 100 g/mol. The van der Waals surface area contributed by atoms with Crippen LogP contribution in [0.3, 0.4) is 0 Å². The lowest BCUT2D eigenvalue weighted by Crippen LogP contribution is -2.18. The SMILES string of the molecule is CCC1NN=CO1. The van der Waals surface area contributed by atoms with Crippen molar-refractivity contribution in [3.63, 3.8) is 0 Å². The molecule has 1 rings (SSSR count). The Hall–Kier alpha value is -0.730. The van der Waals surface area contributed by atoms with Gasteiger partial charge in [-0.2, -0.15) is 0 Å². The van der Waals surface area contributed by atoms with Crippen LogP contribution in [0, 0.1) is 0 Å². The van der Waals surface area contributed by atoms with E-state index in [1.54, 1.807) is 0 Å². The van der Waals surface area contributed by atoms with Crippen molar-refractivity contribution in [1.82, 2.24) is 5.43 Å². The molecule has 0 aromatic carbocycles. The number of ether oxygens (including phenoxy) is 1. The minimum Gasteiger partial charge on any atom is -0.457 e. The van der Waals surface area contributed by atoms with Crippen molar-refractivity contribution in [2.75, 3.05) is 0 Å². The van der Waals surface area contributed by atoms with Crippen LogP contribution in [0.5, 0.6) is 0 Å². The van der Waals surface area contributed by atoms with Gasteiger partial charge in [-0.15, -0.1) is 5.10 Å². The molecule has 0 aromatic heterocycles. The maximum atomic E-state index is 4.90. The van der Waals surface area contributed by atoms with Crippen LogP contribution >= 0.6 is 0 Å². The second kappa shape index (κ2) is 1.82. The first-order chi connectivity index (χ1) is 3.43. The summed E-state index contributed by atoms with van der Waals surface area (Å²) in [5, 5.41) is 3.64. The van der Waals surface area contributed by atoms with E-state index < -0.39 is 0 Å². The van der Waals surface area contributed by atoms with Crippen LogP contribution in [0.1, 0.15) is 13.3 Å². The van der Waals surface area contributed by atoms with Gasteiger partial charge in [0.15, 0.2) is 12.6 Å². The zero-order valence-corrected chi connectivity index (χ0v) is 4.22. The van der Waals surface area contributed by atoms with Crippen LogP contribution in [0.2, 0.25) is 0 Å². The van der Waals surface area contributed by atoms with Gasteiger partial charge in [-0.05, 0) is 0 Å². The lowest BCUT2D eigenvalue weighted by molar-refractivity contribution is 0.190. The number of hydrogen-bond donors (Lipinski definition) is 1. The molecule has 0 fully saturated rings. The van der Waals surface area contributed by atoms with Crippen molar-refractivity contribution >= 4 is 6.40 Å². The van der Waals surface area contributed by atoms with E-state index in [-0.39, 0.29) is 6.23 Å². The van der Waals surface area contributed by atoms with Gasteiger partial charge >= 0.3 is 0 Å². The van der Waals surface area contributed by atoms with Gasteiger partial charge in [0.05, 0.1) is 0 Å². The van der Waals surface area contributed by atoms with Gasteiger partial charge in [0.1, 0.15) is 0 Å². The van der Waals surface area contributed by atoms with Gasteiger partial charge in [0.25, 0.3) is 0 Å². The highest BCUT2D eigenvalue weighted by molar-refractivity contribution is 5.47. The zero-order chi connectivity index (χ0) is 5.11. The summed E-state index contributed by atoms with van der Waals surface area (Å²) in [6.07, 6.45) is 2.51. The lowest BCUT2D eigenvalue weighted by atomic mass is 10.4. The minimum absolute atomic E-state index is 0.125. The molecule has 3 heteroatoms. The summed E-state index contributed by atoms with van der Waals surface area (Å²) >= 11 is 0. The molecule has 1 atom stereocenters. The molecule has 7 heavy (non-hydrogen) atoms. The Labute approximate surface area is 42.4 Å². The third kappa shape index (κ3) is 0.824. The van der Waals surface area contributed by atoms with Gasteiger partial charge in [0.2, 0.25) is 0 Å². The molecule has 1 aliphatic heterocycles. The molecule has 0 aromatic rings. The number of hydrogen-bond acceptors (Lipinski definition) is 3. The Bertz CT molecular complexity index is 73.8. The first kappa shape index (κ1) is 4.43. The van der Waals surface area contributed by atoms with Crippen LogP contribution in [0.25, 0.3) is 0 Å². The molecule has 0 saturated carbocycles. The predicted octanol–water partition coefficient (Wildman–Crippen LogP) is 0.286. The summed E-state index contributed by atoms with van der Waals surface area (Å²) in [6, 6.07) is 0. The van der Waals surface area contributed by atoms with E-state index in [9.17, 15) is 0 Å². The lowest BCUT2D eigenvalue weighted by Gasteiger charge is -2.02. The summed E-state index contributed by atoms with van der Waals surface area (Å²) in [6.45, 7) is 2.03. The van der Waals surface area contributed by atoms with Crippen LogP contribution < -0.4 is 5.43 Å². The fraction of sp³-hybridized carbons (Fsp3) is 0.750. The Morgan fingerprint density at radius 2 is 2.86 bits per heavy atom. The maximum absolute atomic E-state index is 4.90. The molecular weight excluding hydrogens is 92.1 g/mol. The van der Waals surface area contributed by atoms with Crippen molar-refractivity contribution in [2.24, 2.45) is 5.10 Å². The smallest absolute Gasteiger partial charge is 0.195 e. The summed E-state index contributed by atoms with van der Waals surface area (Å²) in [5.74, 6) is 0. The molecule has 0 radical (unpaired) electrons. The van der Waals surface area contributed by atoms with Crippen molar-refractivity contribution in [3.05, 3.63) is 0 Å². The van der Waals surface area contributed by atoms with Crippen LogP contribution in [-0.2, 0) is 4.74 Å². The Morgan fingerprint density at radius 1 is 2.00 bits per heavy atom. The molecule has 0 aliphatic carbocycles. The van der Waals surface area contributed by atoms with Gasteiger partial charge in [-0.25, -0.2) is 0 Å². The molecule has 0 amide bonds. The van der Waals surface area contributed by atoms with Gasteiger partial charge < -0.3 is 4.74 Å². The van der Waals surface area contributed by atoms with Crippen LogP contribution in [-0.4, -0.2) is 12.6 Å². The number of nitrogens with one attached hydrogen (secondary N) is 1. The average Bonchev–Trinajstić information content (AvgIpc) is 2.14. The third-order valence-corrected chi connectivity index (χ3v) is 0.867. The Balaban J connectivity index is 2.22. The first-order valence-corrected chi connectivity index (χ1v) is 2.36. The van der Waals surface area contributed by atoms with Crippen LogP contribution in [0.4, 0.5) is 0 Å². The van der Waals surface area contributed by atoms with E-state index in [0.29, 0.717) is 0 Å². The standard InChI is InChI=1S/C4H8N2O/c1-2-4-6-5-3-7-4/h3-4,6H,2H2,1H3. The van der Waals surface area contributed by atoms with Crippen molar-refractivity contribution in [2.45, 2.75) is 19.6 Å². The Kier molecular flexibility index (Phi) is 1.15. The van der Waals surface area contributed by atoms with Crippen LogP contribution in [0.15, 0.2) is 5.10 Å². The number of nitrogens with zero attached hydrogens (tertiary/aromatic N) is 1. The topological polar surface area (TPSA) is 33.6 Å². The summed E-state index contributed by atoms with van der Waals surface area (Å²) in [4.78, 5) is 0. The number of rotatable bonds is 1. The largest absolute Gasteiger partial charge is 0.457 e. The predicted molar refractivity (Wildman–Crippen MR) is 26.8 cm³/mol. The second-order valence-corrected chi connectivity index (χ2v) is 1.40. The van der Waals surface area contributed by atoms with E-state index >= 15 is 0 Å². The minimum atomic E-state index is 0.125. The molecule has 1 aliphatic rings. The molecular formula is C4H8N2O. The first-order valence-electron chi connectivity index (χ1n) is 2.36. The van der Waals surface area contributed by atoms with Crippen molar-refractivity contribution in [3.8, 4) is 0 Å². The van der Waals surface area contributed by atoms with E-state index in [1.165, 1.54) is 6.40 Å². The fourth-order valence-electron chi connectivity index (χ4n) is 0.435. The quantitative estimate of drug-likeness (QED) is 0.513. The van der Waals surface area contributed by atoms with E-state index in [4.69, 9.17) is 4.74 Å². The summed E-state index contributed by atoms with van der Waals surface area (Å²) in [5.41, 5.74) is 2.75. The van der Waals surface area contributed by atoms with Gasteiger partial charge in [-0.3, -0.25) is 5.43 Å². The van der Waals surface area contributed by atoms with Gasteiger partial charge in [0, 0.05) is 6.42 Å². The highest BCUT2D eigenvalue weighted by Gasteiger charge is 2.05. The molecule has 1 heterocycles. The molecule has 0 bridgehead atoms. The second-order valence-electron chi connectivity index (χ2n) is 1.40. The maximum Gasteiger partial charge on any atom is 0.195 e. The van der Waals surface area contributed by atoms with Crippen molar-refractivity contribution < 1.29 is 4.74 Å². The highest BCUT2D eigenvalue weighted by atomic mass is 16.5. The van der Waals surface area contributed by atoms with E-state index in [2.05, 4.69) is 10.5 Å². The van der Waals surface area contributed by atoms with Gasteiger partial charge in [-0.1, -0.05) is 6.92 Å². The third-order valence-electron chi connectivity index (χ3n) is 0.867. The summed E-state index contributed by atoms with van der Waals surface area (Å²) in [7, 11) is 0. The zero-order valence-electron chi connectivity index (χ0n) is 4.22. The molecule has 1 unspecified atom stereocenters. The molecule has 0 spiro atoms. The van der Waals surface area contributed by atoms with E-state index in [0.717, 1.165) is 6.42 Å². The molecule has 1 N–H and O–H groups in total. The molecule has 3 nitrogen and oxygen atoms in total.